The van der Waals surface area contributed by atoms with Gasteiger partial charge in [-0.25, -0.2) is 0 Å². The molecule has 0 bridgehead atoms. The van der Waals surface area contributed by atoms with Crippen LogP contribution < -0.4 is 5.32 Å². The molecule has 59 valence electrons. The van der Waals surface area contributed by atoms with Gasteiger partial charge in [-0.3, -0.25) is 0 Å². The quantitative estimate of drug-likeness (QED) is 0.578. The van der Waals surface area contributed by atoms with E-state index in [-0.39, 0.29) is 0 Å². The lowest BCUT2D eigenvalue weighted by molar-refractivity contribution is 0.00463. The van der Waals surface area contributed by atoms with E-state index in [1.54, 1.807) is 6.20 Å². The number of aliphatic hydroxyl groups is 1. The van der Waals surface area contributed by atoms with E-state index in [1.165, 1.54) is 0 Å². The van der Waals surface area contributed by atoms with E-state index in [4.69, 9.17) is 0 Å². The molecule has 0 saturated heterocycles. The van der Waals surface area contributed by atoms with Crippen LogP contribution in [0.1, 0.15) is 19.3 Å². The molecule has 2 N–H and O–H groups in total. The molecule has 1 aliphatic heterocycles. The van der Waals surface area contributed by atoms with Crippen molar-refractivity contribution < 1.29 is 5.11 Å². The molecule has 1 saturated carbocycles. The van der Waals surface area contributed by atoms with Crippen molar-refractivity contribution in [2.75, 3.05) is 6.54 Å². The van der Waals surface area contributed by atoms with E-state index < -0.39 is 5.60 Å². The molecule has 1 fully saturated rings. The lowest BCUT2D eigenvalue weighted by Crippen LogP contribution is -2.39. The Hall–Kier alpha value is -0.760. The van der Waals surface area contributed by atoms with E-state index in [0.717, 1.165) is 31.4 Å². The molecule has 2 heteroatoms. The maximum absolute atomic E-state index is 9.86. The summed E-state index contributed by atoms with van der Waals surface area (Å²) in [6.07, 6.45) is 9.78. The molecule has 1 radical (unpaired) electrons. The maximum Gasteiger partial charge on any atom is 0.0900 e. The fourth-order valence-corrected chi connectivity index (χ4v) is 1.51. The minimum atomic E-state index is -0.529. The molecule has 1 aliphatic carbocycles. The summed E-state index contributed by atoms with van der Waals surface area (Å²) in [7, 11) is 0. The Balaban J connectivity index is 2.14. The molecule has 0 spiro atoms. The molecule has 2 nitrogen and oxygen atoms in total. The van der Waals surface area contributed by atoms with Gasteiger partial charge in [0.25, 0.3) is 0 Å². The molecule has 0 atom stereocenters. The van der Waals surface area contributed by atoms with E-state index in [1.807, 2.05) is 6.08 Å². The van der Waals surface area contributed by atoms with E-state index in [0.29, 0.717) is 0 Å². The van der Waals surface area contributed by atoms with Crippen LogP contribution in [0.5, 0.6) is 0 Å². The van der Waals surface area contributed by atoms with Crippen molar-refractivity contribution in [2.45, 2.75) is 24.9 Å². The summed E-state index contributed by atoms with van der Waals surface area (Å²) in [5, 5.41) is 12.9. The monoisotopic (exact) mass is 150 g/mol. The van der Waals surface area contributed by atoms with Crippen molar-refractivity contribution in [2.24, 2.45) is 0 Å². The highest BCUT2D eigenvalue weighted by Crippen LogP contribution is 2.38. The summed E-state index contributed by atoms with van der Waals surface area (Å²) in [5.41, 5.74) is 0.445. The molecular formula is C9H12NO. The molecular weight excluding hydrogens is 138 g/mol. The lowest BCUT2D eigenvalue weighted by atomic mass is 9.74. The minimum Gasteiger partial charge on any atom is -0.387 e. The molecule has 11 heavy (non-hydrogen) atoms. The van der Waals surface area contributed by atoms with Crippen molar-refractivity contribution in [3.05, 3.63) is 23.9 Å². The fourth-order valence-electron chi connectivity index (χ4n) is 1.51. The molecule has 0 aromatic heterocycles. The maximum atomic E-state index is 9.86. The van der Waals surface area contributed by atoms with Gasteiger partial charge in [0.1, 0.15) is 0 Å². The summed E-state index contributed by atoms with van der Waals surface area (Å²) < 4.78 is 0. The van der Waals surface area contributed by atoms with Crippen LogP contribution in [0.15, 0.2) is 17.8 Å². The fraction of sp³-hybridized carbons (Fsp3) is 0.556. The first-order chi connectivity index (χ1) is 5.31. The van der Waals surface area contributed by atoms with Crippen molar-refractivity contribution in [1.82, 2.24) is 5.32 Å². The third kappa shape index (κ3) is 1.07. The molecule has 2 rings (SSSR count). The van der Waals surface area contributed by atoms with Crippen LogP contribution in [0.3, 0.4) is 0 Å². The van der Waals surface area contributed by atoms with Crippen molar-refractivity contribution in [1.29, 1.82) is 0 Å². The average molecular weight is 150 g/mol. The first-order valence-electron chi connectivity index (χ1n) is 4.06. The highest BCUT2D eigenvalue weighted by molar-refractivity contribution is 5.29. The van der Waals surface area contributed by atoms with Crippen LogP contribution >= 0.6 is 0 Å². The van der Waals surface area contributed by atoms with Gasteiger partial charge in [0, 0.05) is 18.8 Å². The Morgan fingerprint density at radius 3 is 2.82 bits per heavy atom. The van der Waals surface area contributed by atoms with E-state index in [9.17, 15) is 5.11 Å². The predicted octanol–water partition coefficient (Wildman–Crippen LogP) is 0.748. The third-order valence-corrected chi connectivity index (χ3v) is 2.44. The minimum absolute atomic E-state index is 0.529. The zero-order valence-corrected chi connectivity index (χ0v) is 6.43. The van der Waals surface area contributed by atoms with Gasteiger partial charge in [-0.15, -0.1) is 0 Å². The molecule has 2 aliphatic rings. The molecule has 1 heterocycles. The summed E-state index contributed by atoms with van der Waals surface area (Å²) in [6.45, 7) is 0.824. The Morgan fingerprint density at radius 1 is 1.55 bits per heavy atom. The van der Waals surface area contributed by atoms with Crippen LogP contribution in [-0.2, 0) is 0 Å². The Labute approximate surface area is 66.6 Å². The first-order valence-corrected chi connectivity index (χ1v) is 4.06. The number of hydrogen-bond donors (Lipinski definition) is 2. The summed E-state index contributed by atoms with van der Waals surface area (Å²) >= 11 is 0. The largest absolute Gasteiger partial charge is 0.387 e. The van der Waals surface area contributed by atoms with Gasteiger partial charge < -0.3 is 10.4 Å². The number of rotatable bonds is 1. The second-order valence-electron chi connectivity index (χ2n) is 3.20. The van der Waals surface area contributed by atoms with Crippen molar-refractivity contribution >= 4 is 0 Å². The van der Waals surface area contributed by atoms with Crippen molar-refractivity contribution in [3.63, 3.8) is 0 Å². The molecule has 0 unspecified atom stereocenters. The Kier molecular flexibility index (Phi) is 1.50. The van der Waals surface area contributed by atoms with E-state index >= 15 is 0 Å². The van der Waals surface area contributed by atoms with Crippen LogP contribution in [-0.4, -0.2) is 17.3 Å². The second kappa shape index (κ2) is 2.38. The zero-order valence-electron chi connectivity index (χ0n) is 6.43. The third-order valence-electron chi connectivity index (χ3n) is 2.44. The highest BCUT2D eigenvalue weighted by atomic mass is 16.3. The van der Waals surface area contributed by atoms with Gasteiger partial charge in [-0.1, -0.05) is 6.08 Å². The van der Waals surface area contributed by atoms with Crippen LogP contribution in [0, 0.1) is 6.08 Å². The van der Waals surface area contributed by atoms with Gasteiger partial charge >= 0.3 is 0 Å². The zero-order chi connectivity index (χ0) is 7.73. The van der Waals surface area contributed by atoms with Crippen LogP contribution in [0.2, 0.25) is 0 Å². The Bertz CT molecular complexity index is 214. The van der Waals surface area contributed by atoms with E-state index in [2.05, 4.69) is 11.4 Å². The number of dihydropyridines is 1. The summed E-state index contributed by atoms with van der Waals surface area (Å²) in [6, 6.07) is 0. The Morgan fingerprint density at radius 2 is 2.36 bits per heavy atom. The summed E-state index contributed by atoms with van der Waals surface area (Å²) in [4.78, 5) is 0. The van der Waals surface area contributed by atoms with Gasteiger partial charge in [-0.2, -0.15) is 0 Å². The topological polar surface area (TPSA) is 32.3 Å². The smallest absolute Gasteiger partial charge is 0.0900 e. The van der Waals surface area contributed by atoms with Crippen molar-refractivity contribution in [3.8, 4) is 0 Å². The summed E-state index contributed by atoms with van der Waals surface area (Å²) in [5.74, 6) is 0. The molecule has 0 amide bonds. The SMILES string of the molecule is OC1(C2=CCNC=[C]2)CCC1. The van der Waals surface area contributed by atoms with Gasteiger partial charge in [0.15, 0.2) is 0 Å². The van der Waals surface area contributed by atoms with Gasteiger partial charge in [0.2, 0.25) is 0 Å². The normalized spacial score (nSPS) is 26.8. The lowest BCUT2D eigenvalue weighted by Gasteiger charge is -2.38. The number of nitrogens with one attached hydrogen (secondary N) is 1. The highest BCUT2D eigenvalue weighted by Gasteiger charge is 2.37. The number of hydrogen-bond acceptors (Lipinski definition) is 2. The molecule has 0 aromatic rings. The molecule has 0 aromatic carbocycles. The standard InChI is InChI=1S/C9H12NO/c11-9(4-1-5-9)8-2-6-10-7-3-8/h2,7,10-11H,1,4-6H2. The predicted molar refractivity (Wildman–Crippen MR) is 42.7 cm³/mol. The average Bonchev–Trinajstić information content (AvgIpc) is 2.02. The van der Waals surface area contributed by atoms with Crippen LogP contribution in [0.25, 0.3) is 0 Å². The van der Waals surface area contributed by atoms with Gasteiger partial charge in [0.05, 0.1) is 5.60 Å². The first kappa shape index (κ1) is 6.92. The van der Waals surface area contributed by atoms with Gasteiger partial charge in [-0.05, 0) is 24.8 Å². The van der Waals surface area contributed by atoms with Crippen LogP contribution in [0.4, 0.5) is 0 Å². The second-order valence-corrected chi connectivity index (χ2v) is 3.20.